The van der Waals surface area contributed by atoms with Gasteiger partial charge < -0.3 is 23.8 Å². The minimum atomic E-state index is 0.222. The number of likely N-dealkylation sites (tertiary alicyclic amines) is 1. The maximum atomic E-state index is 6.28. The summed E-state index contributed by atoms with van der Waals surface area (Å²) in [4.78, 5) is 14.7. The summed E-state index contributed by atoms with van der Waals surface area (Å²) in [6.45, 7) is 6.40. The molecule has 0 bridgehead atoms. The fourth-order valence-electron chi connectivity index (χ4n) is 6.59. The molecule has 0 spiro atoms. The Kier molecular flexibility index (Phi) is 5.69. The molecule has 0 saturated carbocycles. The summed E-state index contributed by atoms with van der Waals surface area (Å²) in [6, 6.07) is 7.60. The summed E-state index contributed by atoms with van der Waals surface area (Å²) in [5.74, 6) is 3.47. The monoisotopic (exact) mass is 489 g/mol. The van der Waals surface area contributed by atoms with Gasteiger partial charge in [-0.05, 0) is 70.3 Å². The molecule has 190 valence electrons. The van der Waals surface area contributed by atoms with E-state index >= 15 is 0 Å². The number of nitrogens with zero attached hydrogens (tertiary/aromatic N) is 7. The van der Waals surface area contributed by atoms with E-state index in [-0.39, 0.29) is 6.04 Å². The molecule has 0 radical (unpaired) electrons. The van der Waals surface area contributed by atoms with Crippen molar-refractivity contribution in [1.29, 1.82) is 0 Å². The summed E-state index contributed by atoms with van der Waals surface area (Å²) < 4.78 is 16.0. The molecule has 3 aromatic rings. The van der Waals surface area contributed by atoms with E-state index in [4.69, 9.17) is 14.5 Å². The molecule has 0 amide bonds. The predicted molar refractivity (Wildman–Crippen MR) is 137 cm³/mol. The quantitative estimate of drug-likeness (QED) is 0.556. The number of imidazole rings is 1. The minimum absolute atomic E-state index is 0.222. The second-order valence-corrected chi connectivity index (χ2v) is 10.8. The van der Waals surface area contributed by atoms with E-state index in [0.717, 1.165) is 60.7 Å². The largest absolute Gasteiger partial charge is 0.491 e. The Hall–Kier alpha value is -2.91. The van der Waals surface area contributed by atoms with Crippen molar-refractivity contribution >= 4 is 5.69 Å². The Morgan fingerprint density at radius 3 is 2.75 bits per heavy atom. The highest BCUT2D eigenvalue weighted by Crippen LogP contribution is 2.40. The molecule has 0 aliphatic carbocycles. The molecule has 9 nitrogen and oxygen atoms in total. The zero-order valence-corrected chi connectivity index (χ0v) is 21.1. The van der Waals surface area contributed by atoms with Crippen molar-refractivity contribution < 1.29 is 9.47 Å². The molecule has 4 aliphatic rings. The first-order chi connectivity index (χ1) is 17.7. The highest BCUT2D eigenvalue weighted by atomic mass is 16.5. The SMILES string of the molecule is CN1CCC(C2CCCN2c2ccc3c(c2)OCCn2cc(-c4ncnn4C4CCOC4)nc2-3)CC1. The van der Waals surface area contributed by atoms with E-state index in [9.17, 15) is 0 Å². The van der Waals surface area contributed by atoms with Crippen LogP contribution in [0.1, 0.15) is 38.1 Å². The average Bonchev–Trinajstić information content (AvgIpc) is 3.70. The van der Waals surface area contributed by atoms with Gasteiger partial charge in [-0.25, -0.2) is 14.6 Å². The van der Waals surface area contributed by atoms with Gasteiger partial charge in [0, 0.05) is 37.1 Å². The molecule has 36 heavy (non-hydrogen) atoms. The fraction of sp³-hybridized carbons (Fsp3) is 0.593. The van der Waals surface area contributed by atoms with E-state index in [1.807, 2.05) is 4.68 Å². The van der Waals surface area contributed by atoms with Crippen molar-refractivity contribution in [2.75, 3.05) is 51.4 Å². The van der Waals surface area contributed by atoms with Crippen LogP contribution in [0.2, 0.25) is 0 Å². The Bertz CT molecular complexity index is 1220. The summed E-state index contributed by atoms with van der Waals surface area (Å²) >= 11 is 0. The topological polar surface area (TPSA) is 73.5 Å². The highest BCUT2D eigenvalue weighted by Gasteiger charge is 2.34. The smallest absolute Gasteiger partial charge is 0.178 e. The van der Waals surface area contributed by atoms with Gasteiger partial charge in [0.15, 0.2) is 5.82 Å². The van der Waals surface area contributed by atoms with Crippen LogP contribution in [0.3, 0.4) is 0 Å². The number of rotatable bonds is 4. The Morgan fingerprint density at radius 1 is 0.972 bits per heavy atom. The first-order valence-electron chi connectivity index (χ1n) is 13.5. The molecule has 3 saturated heterocycles. The van der Waals surface area contributed by atoms with Gasteiger partial charge >= 0.3 is 0 Å². The lowest BCUT2D eigenvalue weighted by Crippen LogP contribution is -2.41. The van der Waals surface area contributed by atoms with Gasteiger partial charge in [-0.3, -0.25) is 0 Å². The molecule has 4 aliphatic heterocycles. The van der Waals surface area contributed by atoms with Crippen LogP contribution in [-0.2, 0) is 11.3 Å². The number of hydrogen-bond donors (Lipinski definition) is 0. The lowest BCUT2D eigenvalue weighted by molar-refractivity contribution is 0.184. The molecule has 9 heteroatoms. The average molecular weight is 490 g/mol. The first-order valence-corrected chi connectivity index (χ1v) is 13.5. The summed E-state index contributed by atoms with van der Waals surface area (Å²) in [7, 11) is 2.24. The molecule has 7 rings (SSSR count). The number of anilines is 1. The van der Waals surface area contributed by atoms with Gasteiger partial charge in [-0.15, -0.1) is 0 Å². The van der Waals surface area contributed by atoms with Gasteiger partial charge in [0.25, 0.3) is 0 Å². The first kappa shape index (κ1) is 22.3. The zero-order chi connectivity index (χ0) is 24.1. The van der Waals surface area contributed by atoms with Crippen molar-refractivity contribution in [3.63, 3.8) is 0 Å². The van der Waals surface area contributed by atoms with Crippen LogP contribution in [0.15, 0.2) is 30.7 Å². The summed E-state index contributed by atoms with van der Waals surface area (Å²) in [5.41, 5.74) is 3.19. The molecule has 2 atom stereocenters. The molecule has 3 fully saturated rings. The number of piperidine rings is 1. The normalized spacial score (nSPS) is 25.0. The molecule has 6 heterocycles. The van der Waals surface area contributed by atoms with Crippen LogP contribution >= 0.6 is 0 Å². The molecular formula is C27H35N7O2. The van der Waals surface area contributed by atoms with Crippen molar-refractivity contribution in [1.82, 2.24) is 29.2 Å². The van der Waals surface area contributed by atoms with Crippen molar-refractivity contribution in [2.45, 2.75) is 50.7 Å². The van der Waals surface area contributed by atoms with E-state index in [1.54, 1.807) is 6.33 Å². The van der Waals surface area contributed by atoms with Crippen LogP contribution in [0.25, 0.3) is 22.9 Å². The van der Waals surface area contributed by atoms with Crippen molar-refractivity contribution in [3.05, 3.63) is 30.7 Å². The summed E-state index contributed by atoms with van der Waals surface area (Å²) in [6.07, 6.45) is 9.85. The molecule has 2 aromatic heterocycles. The van der Waals surface area contributed by atoms with Crippen LogP contribution in [0.5, 0.6) is 5.75 Å². The van der Waals surface area contributed by atoms with Gasteiger partial charge in [0.05, 0.1) is 24.8 Å². The zero-order valence-electron chi connectivity index (χ0n) is 21.1. The standard InChI is InChI=1S/C27H35N7O2/c1-31-10-6-19(7-11-31)24-3-2-9-33(24)20-4-5-22-25(15-20)36-14-12-32-16-23(30-26(22)32)27-28-18-29-34(27)21-8-13-35-17-21/h4-5,15-16,18-19,21,24H,2-3,6-14,17H2,1H3. The van der Waals surface area contributed by atoms with E-state index < -0.39 is 0 Å². The van der Waals surface area contributed by atoms with Crippen LogP contribution < -0.4 is 9.64 Å². The number of aromatic nitrogens is 5. The third-order valence-corrected chi connectivity index (χ3v) is 8.56. The molecule has 1 aromatic carbocycles. The number of benzene rings is 1. The van der Waals surface area contributed by atoms with Crippen molar-refractivity contribution in [2.24, 2.45) is 5.92 Å². The van der Waals surface area contributed by atoms with Gasteiger partial charge in [0.1, 0.15) is 30.2 Å². The maximum absolute atomic E-state index is 6.28. The van der Waals surface area contributed by atoms with E-state index in [1.165, 1.54) is 44.5 Å². The van der Waals surface area contributed by atoms with Crippen LogP contribution in [0, 0.1) is 5.92 Å². The second kappa shape index (κ2) is 9.19. The third kappa shape index (κ3) is 3.89. The van der Waals surface area contributed by atoms with Gasteiger partial charge in [-0.1, -0.05) is 0 Å². The lowest BCUT2D eigenvalue weighted by Gasteiger charge is -2.38. The highest BCUT2D eigenvalue weighted by molar-refractivity contribution is 5.72. The van der Waals surface area contributed by atoms with Crippen LogP contribution in [0.4, 0.5) is 5.69 Å². The minimum Gasteiger partial charge on any atom is -0.491 e. The Balaban J connectivity index is 1.18. The lowest BCUT2D eigenvalue weighted by atomic mass is 9.88. The number of hydrogen-bond acceptors (Lipinski definition) is 7. The Morgan fingerprint density at radius 2 is 1.89 bits per heavy atom. The van der Waals surface area contributed by atoms with Gasteiger partial charge in [0.2, 0.25) is 0 Å². The fourth-order valence-corrected chi connectivity index (χ4v) is 6.59. The molecule has 2 unspecified atom stereocenters. The molecule has 0 N–H and O–H groups in total. The number of fused-ring (bicyclic) bond motifs is 3. The van der Waals surface area contributed by atoms with Crippen molar-refractivity contribution in [3.8, 4) is 28.7 Å². The van der Waals surface area contributed by atoms with E-state index in [2.05, 4.69) is 55.9 Å². The molecular weight excluding hydrogens is 454 g/mol. The third-order valence-electron chi connectivity index (χ3n) is 8.56. The maximum Gasteiger partial charge on any atom is 0.178 e. The summed E-state index contributed by atoms with van der Waals surface area (Å²) in [5, 5.41) is 4.49. The second-order valence-electron chi connectivity index (χ2n) is 10.8. The predicted octanol–water partition coefficient (Wildman–Crippen LogP) is 3.47. The number of ether oxygens (including phenoxy) is 2. The van der Waals surface area contributed by atoms with E-state index in [0.29, 0.717) is 19.3 Å². The Labute approximate surface area is 212 Å². The van der Waals surface area contributed by atoms with Crippen LogP contribution in [-0.4, -0.2) is 81.8 Å². The van der Waals surface area contributed by atoms with Gasteiger partial charge in [-0.2, -0.15) is 5.10 Å².